The van der Waals surface area contributed by atoms with Crippen molar-refractivity contribution in [1.82, 2.24) is 9.38 Å². The molecule has 0 aromatic carbocycles. The van der Waals surface area contributed by atoms with Crippen LogP contribution >= 0.6 is 24.8 Å². The van der Waals surface area contributed by atoms with E-state index in [2.05, 4.69) is 4.98 Å². The second-order valence-corrected chi connectivity index (χ2v) is 2.84. The molecule has 0 aliphatic rings. The van der Waals surface area contributed by atoms with Gasteiger partial charge in [0.1, 0.15) is 5.65 Å². The number of rotatable bonds is 1. The van der Waals surface area contributed by atoms with E-state index in [4.69, 9.17) is 5.73 Å². The molecule has 0 atom stereocenters. The van der Waals surface area contributed by atoms with Crippen LogP contribution in [0.1, 0.15) is 11.3 Å². The van der Waals surface area contributed by atoms with Crippen LogP contribution in [0.5, 0.6) is 0 Å². The number of imidazole rings is 1. The highest BCUT2D eigenvalue weighted by Crippen LogP contribution is 2.09. The summed E-state index contributed by atoms with van der Waals surface area (Å²) in [5.41, 5.74) is 8.78. The predicted octanol–water partition coefficient (Wildman–Crippen LogP) is 1.95. The van der Waals surface area contributed by atoms with Crippen molar-refractivity contribution in [2.75, 3.05) is 0 Å². The van der Waals surface area contributed by atoms with E-state index in [1.165, 1.54) is 5.56 Å². The van der Waals surface area contributed by atoms with E-state index in [1.54, 1.807) is 0 Å². The summed E-state index contributed by atoms with van der Waals surface area (Å²) in [5, 5.41) is 0. The normalized spacial score (nSPS) is 9.29. The van der Waals surface area contributed by atoms with Crippen molar-refractivity contribution in [1.29, 1.82) is 0 Å². The van der Waals surface area contributed by atoms with Gasteiger partial charge >= 0.3 is 0 Å². The summed E-state index contributed by atoms with van der Waals surface area (Å²) in [6.07, 6.45) is 3.81. The SMILES string of the molecule is Cc1cccn2c(CN)cnc12.Cl.Cl. The number of nitrogens with two attached hydrogens (primary N) is 1. The minimum atomic E-state index is 0. The third kappa shape index (κ3) is 2.00. The van der Waals surface area contributed by atoms with Crippen LogP contribution in [0, 0.1) is 6.92 Å². The number of hydrogen-bond acceptors (Lipinski definition) is 2. The summed E-state index contributed by atoms with van der Waals surface area (Å²) in [7, 11) is 0. The van der Waals surface area contributed by atoms with Crippen LogP contribution in [-0.2, 0) is 6.54 Å². The molecule has 2 rings (SSSR count). The summed E-state index contributed by atoms with van der Waals surface area (Å²) in [6.45, 7) is 2.58. The molecule has 5 heteroatoms. The van der Waals surface area contributed by atoms with E-state index in [0.717, 1.165) is 11.3 Å². The first-order valence-corrected chi connectivity index (χ1v) is 3.94. The number of aromatic nitrogens is 2. The maximum atomic E-state index is 5.55. The van der Waals surface area contributed by atoms with Crippen LogP contribution in [0.2, 0.25) is 0 Å². The van der Waals surface area contributed by atoms with E-state index in [0.29, 0.717) is 6.54 Å². The lowest BCUT2D eigenvalue weighted by Crippen LogP contribution is -2.00. The highest BCUT2D eigenvalue weighted by molar-refractivity contribution is 5.85. The zero-order chi connectivity index (χ0) is 8.55. The van der Waals surface area contributed by atoms with Gasteiger partial charge in [0.25, 0.3) is 0 Å². The van der Waals surface area contributed by atoms with Crippen LogP contribution in [0.4, 0.5) is 0 Å². The van der Waals surface area contributed by atoms with Crippen LogP contribution in [0.15, 0.2) is 24.5 Å². The Hall–Kier alpha value is -0.770. The first kappa shape index (κ1) is 13.2. The largest absolute Gasteiger partial charge is 0.325 e. The maximum Gasteiger partial charge on any atom is 0.139 e. The molecule has 78 valence electrons. The molecule has 0 saturated heterocycles. The number of halogens is 2. The molecule has 2 heterocycles. The van der Waals surface area contributed by atoms with E-state index in [1.807, 2.05) is 35.9 Å². The third-order valence-corrected chi connectivity index (χ3v) is 2.02. The molecule has 0 saturated carbocycles. The highest BCUT2D eigenvalue weighted by atomic mass is 35.5. The van der Waals surface area contributed by atoms with Gasteiger partial charge in [0.15, 0.2) is 0 Å². The Morgan fingerprint density at radius 2 is 2.14 bits per heavy atom. The van der Waals surface area contributed by atoms with Crippen LogP contribution in [0.25, 0.3) is 5.65 Å². The monoisotopic (exact) mass is 233 g/mol. The van der Waals surface area contributed by atoms with Gasteiger partial charge in [0, 0.05) is 12.7 Å². The fraction of sp³-hybridized carbons (Fsp3) is 0.222. The number of aryl methyl sites for hydroxylation is 1. The topological polar surface area (TPSA) is 43.3 Å². The number of hydrogen-bond donors (Lipinski definition) is 1. The van der Waals surface area contributed by atoms with Crippen molar-refractivity contribution in [2.24, 2.45) is 5.73 Å². The Labute approximate surface area is 95.1 Å². The quantitative estimate of drug-likeness (QED) is 0.819. The fourth-order valence-electron chi connectivity index (χ4n) is 1.35. The minimum Gasteiger partial charge on any atom is -0.325 e. The van der Waals surface area contributed by atoms with Crippen molar-refractivity contribution in [3.8, 4) is 0 Å². The molecule has 0 aliphatic carbocycles. The summed E-state index contributed by atoms with van der Waals surface area (Å²) in [6, 6.07) is 4.05. The van der Waals surface area contributed by atoms with E-state index in [9.17, 15) is 0 Å². The summed E-state index contributed by atoms with van der Waals surface area (Å²) in [4.78, 5) is 4.27. The Morgan fingerprint density at radius 3 is 2.79 bits per heavy atom. The van der Waals surface area contributed by atoms with Gasteiger partial charge in [-0.1, -0.05) is 6.07 Å². The molecule has 0 fully saturated rings. The molecule has 2 aromatic heterocycles. The number of pyridine rings is 1. The van der Waals surface area contributed by atoms with Crippen LogP contribution in [0.3, 0.4) is 0 Å². The molecule has 0 amide bonds. The highest BCUT2D eigenvalue weighted by Gasteiger charge is 2.01. The number of fused-ring (bicyclic) bond motifs is 1. The van der Waals surface area contributed by atoms with Gasteiger partial charge in [0.05, 0.1) is 11.9 Å². The Morgan fingerprint density at radius 1 is 1.43 bits per heavy atom. The molecule has 14 heavy (non-hydrogen) atoms. The zero-order valence-corrected chi connectivity index (χ0v) is 9.44. The lowest BCUT2D eigenvalue weighted by Gasteiger charge is -1.99. The van der Waals surface area contributed by atoms with Gasteiger partial charge in [0.2, 0.25) is 0 Å². The standard InChI is InChI=1S/C9H11N3.2ClH/c1-7-3-2-4-12-8(5-10)6-11-9(7)12;;/h2-4,6H,5,10H2,1H3;2*1H. The van der Waals surface area contributed by atoms with Crippen molar-refractivity contribution in [2.45, 2.75) is 13.5 Å². The first-order chi connectivity index (χ1) is 5.83. The smallest absolute Gasteiger partial charge is 0.139 e. The molecule has 0 bridgehead atoms. The Kier molecular flexibility index (Phi) is 4.91. The van der Waals surface area contributed by atoms with Crippen molar-refractivity contribution >= 4 is 30.5 Å². The molecule has 0 unspecified atom stereocenters. The molecule has 2 N–H and O–H groups in total. The predicted molar refractivity (Wildman–Crippen MR) is 62.3 cm³/mol. The first-order valence-electron chi connectivity index (χ1n) is 3.94. The van der Waals surface area contributed by atoms with Gasteiger partial charge in [-0.15, -0.1) is 24.8 Å². The lowest BCUT2D eigenvalue weighted by molar-refractivity contribution is 0.957. The Balaban J connectivity index is 0.000000845. The average Bonchev–Trinajstić information content (AvgIpc) is 2.49. The van der Waals surface area contributed by atoms with Gasteiger partial charge in [-0.25, -0.2) is 4.98 Å². The summed E-state index contributed by atoms with van der Waals surface area (Å²) in [5.74, 6) is 0. The zero-order valence-electron chi connectivity index (χ0n) is 7.80. The summed E-state index contributed by atoms with van der Waals surface area (Å²) >= 11 is 0. The lowest BCUT2D eigenvalue weighted by atomic mass is 10.3. The maximum absolute atomic E-state index is 5.55. The van der Waals surface area contributed by atoms with E-state index >= 15 is 0 Å². The Bertz CT molecular complexity index is 411. The van der Waals surface area contributed by atoms with Gasteiger partial charge < -0.3 is 10.1 Å². The van der Waals surface area contributed by atoms with E-state index < -0.39 is 0 Å². The van der Waals surface area contributed by atoms with Gasteiger partial charge in [-0.05, 0) is 18.6 Å². The summed E-state index contributed by atoms with van der Waals surface area (Å²) < 4.78 is 2.02. The number of nitrogens with zero attached hydrogens (tertiary/aromatic N) is 2. The molecule has 3 nitrogen and oxygen atoms in total. The van der Waals surface area contributed by atoms with Crippen LogP contribution in [-0.4, -0.2) is 9.38 Å². The average molecular weight is 234 g/mol. The molecule has 0 spiro atoms. The van der Waals surface area contributed by atoms with Gasteiger partial charge in [-0.3, -0.25) is 0 Å². The third-order valence-electron chi connectivity index (χ3n) is 2.02. The second kappa shape index (κ2) is 5.20. The second-order valence-electron chi connectivity index (χ2n) is 2.84. The molecular formula is C9H13Cl2N3. The van der Waals surface area contributed by atoms with Crippen molar-refractivity contribution < 1.29 is 0 Å². The van der Waals surface area contributed by atoms with Crippen molar-refractivity contribution in [3.05, 3.63) is 35.8 Å². The van der Waals surface area contributed by atoms with Gasteiger partial charge in [-0.2, -0.15) is 0 Å². The fourth-order valence-corrected chi connectivity index (χ4v) is 1.35. The molecule has 0 radical (unpaired) electrons. The molecular weight excluding hydrogens is 221 g/mol. The molecule has 0 aliphatic heterocycles. The van der Waals surface area contributed by atoms with Crippen LogP contribution < -0.4 is 5.73 Å². The molecule has 2 aromatic rings. The van der Waals surface area contributed by atoms with E-state index in [-0.39, 0.29) is 24.8 Å². The van der Waals surface area contributed by atoms with Crippen molar-refractivity contribution in [3.63, 3.8) is 0 Å². The minimum absolute atomic E-state index is 0.